The van der Waals surface area contributed by atoms with Gasteiger partial charge in [0.1, 0.15) is 15.5 Å². The molecule has 0 radical (unpaired) electrons. The average Bonchev–Trinajstić information content (AvgIpc) is 3.14. The molecule has 0 amide bonds. The predicted octanol–water partition coefficient (Wildman–Crippen LogP) is 3.14. The quantitative estimate of drug-likeness (QED) is 0.682. The number of morpholine rings is 1. The Bertz CT molecular complexity index is 951. The van der Waals surface area contributed by atoms with Crippen molar-refractivity contribution in [2.24, 2.45) is 0 Å². The Labute approximate surface area is 168 Å². The summed E-state index contributed by atoms with van der Waals surface area (Å²) in [5.74, 6) is 1.70. The number of phenolic OH excluding ortho intramolecular Hbond substituents is 1. The molecule has 1 aliphatic heterocycles. The summed E-state index contributed by atoms with van der Waals surface area (Å²) in [6.07, 6.45) is 0. The van der Waals surface area contributed by atoms with Gasteiger partial charge in [0, 0.05) is 18.7 Å². The number of hydrogen-bond acceptors (Lipinski definition) is 8. The van der Waals surface area contributed by atoms with E-state index in [4.69, 9.17) is 19.7 Å². The molecule has 1 saturated heterocycles. The van der Waals surface area contributed by atoms with Gasteiger partial charge in [-0.05, 0) is 25.2 Å². The van der Waals surface area contributed by atoms with Gasteiger partial charge in [0.2, 0.25) is 0 Å². The van der Waals surface area contributed by atoms with Crippen LogP contribution in [0, 0.1) is 0 Å². The van der Waals surface area contributed by atoms with Crippen LogP contribution in [0.5, 0.6) is 5.75 Å². The third kappa shape index (κ3) is 3.94. The topological polar surface area (TPSA) is 74.6 Å². The molecule has 7 nitrogen and oxygen atoms in total. The largest absolute Gasteiger partial charge is 0.508 e. The minimum atomic E-state index is 0.203. The smallest absolute Gasteiger partial charge is 0.176 e. The van der Waals surface area contributed by atoms with E-state index in [1.807, 2.05) is 6.07 Å². The van der Waals surface area contributed by atoms with Gasteiger partial charge in [-0.1, -0.05) is 26.0 Å². The Hall–Kier alpha value is -2.29. The number of anilines is 1. The maximum absolute atomic E-state index is 9.86. The van der Waals surface area contributed by atoms with Crippen LogP contribution in [0.1, 0.15) is 18.9 Å². The van der Waals surface area contributed by atoms with Crippen molar-refractivity contribution in [3.8, 4) is 17.1 Å². The second kappa shape index (κ2) is 8.38. The zero-order valence-electron chi connectivity index (χ0n) is 16.3. The predicted molar refractivity (Wildman–Crippen MR) is 112 cm³/mol. The Kier molecular flexibility index (Phi) is 5.70. The average molecular weight is 400 g/mol. The SMILES string of the molecule is CCN(CC)Cc1nc2nc(-c3cccc(O)c3)nc(N3CCOCC3)c2s1. The van der Waals surface area contributed by atoms with Crippen LogP contribution in [0.25, 0.3) is 21.7 Å². The lowest BCUT2D eigenvalue weighted by Crippen LogP contribution is -2.36. The van der Waals surface area contributed by atoms with E-state index >= 15 is 0 Å². The lowest BCUT2D eigenvalue weighted by Gasteiger charge is -2.28. The highest BCUT2D eigenvalue weighted by Gasteiger charge is 2.21. The van der Waals surface area contributed by atoms with Crippen LogP contribution in [0.3, 0.4) is 0 Å². The Morgan fingerprint density at radius 3 is 2.64 bits per heavy atom. The zero-order chi connectivity index (χ0) is 19.5. The molecule has 1 fully saturated rings. The fourth-order valence-corrected chi connectivity index (χ4v) is 4.39. The highest BCUT2D eigenvalue weighted by Crippen LogP contribution is 2.33. The molecule has 148 valence electrons. The first-order valence-electron chi connectivity index (χ1n) is 9.69. The molecule has 2 aromatic heterocycles. The van der Waals surface area contributed by atoms with Gasteiger partial charge >= 0.3 is 0 Å². The van der Waals surface area contributed by atoms with E-state index in [0.29, 0.717) is 19.0 Å². The van der Waals surface area contributed by atoms with E-state index < -0.39 is 0 Å². The fourth-order valence-electron chi connectivity index (χ4n) is 3.32. The van der Waals surface area contributed by atoms with Crippen LogP contribution >= 0.6 is 11.3 Å². The van der Waals surface area contributed by atoms with Gasteiger partial charge in [0.25, 0.3) is 0 Å². The maximum Gasteiger partial charge on any atom is 0.176 e. The number of hydrogen-bond donors (Lipinski definition) is 1. The lowest BCUT2D eigenvalue weighted by molar-refractivity contribution is 0.122. The summed E-state index contributed by atoms with van der Waals surface area (Å²) in [7, 11) is 0. The van der Waals surface area contributed by atoms with Gasteiger partial charge < -0.3 is 14.7 Å². The standard InChI is InChI=1S/C20H25N5O2S/c1-3-24(4-2)13-16-21-19-17(28-16)20(25-8-10-27-11-9-25)23-18(22-19)14-6-5-7-15(26)12-14/h5-7,12,26H,3-4,8-11,13H2,1-2H3. The number of fused-ring (bicyclic) bond motifs is 1. The first-order valence-corrected chi connectivity index (χ1v) is 10.5. The number of aromatic nitrogens is 3. The van der Waals surface area contributed by atoms with Crippen molar-refractivity contribution in [1.29, 1.82) is 0 Å². The Morgan fingerprint density at radius 2 is 1.93 bits per heavy atom. The van der Waals surface area contributed by atoms with Gasteiger partial charge in [-0.2, -0.15) is 0 Å². The summed E-state index contributed by atoms with van der Waals surface area (Å²) in [5, 5.41) is 10.9. The van der Waals surface area contributed by atoms with Crippen molar-refractivity contribution < 1.29 is 9.84 Å². The van der Waals surface area contributed by atoms with Crippen molar-refractivity contribution in [2.75, 3.05) is 44.3 Å². The number of rotatable bonds is 6. The molecule has 0 unspecified atom stereocenters. The van der Waals surface area contributed by atoms with E-state index in [-0.39, 0.29) is 5.75 Å². The molecule has 0 atom stereocenters. The molecule has 0 spiro atoms. The number of benzene rings is 1. The van der Waals surface area contributed by atoms with Crippen LogP contribution in [-0.2, 0) is 11.3 Å². The molecule has 3 heterocycles. The van der Waals surface area contributed by atoms with Gasteiger partial charge in [0.15, 0.2) is 17.3 Å². The maximum atomic E-state index is 9.86. The Morgan fingerprint density at radius 1 is 1.14 bits per heavy atom. The van der Waals surface area contributed by atoms with Crippen molar-refractivity contribution in [1.82, 2.24) is 19.9 Å². The van der Waals surface area contributed by atoms with E-state index in [1.54, 1.807) is 29.5 Å². The number of nitrogens with zero attached hydrogens (tertiary/aromatic N) is 5. The van der Waals surface area contributed by atoms with Crippen LogP contribution in [-0.4, -0.2) is 64.4 Å². The van der Waals surface area contributed by atoms with Gasteiger partial charge in [-0.25, -0.2) is 15.0 Å². The highest BCUT2D eigenvalue weighted by atomic mass is 32.1. The van der Waals surface area contributed by atoms with Crippen LogP contribution in [0.15, 0.2) is 24.3 Å². The van der Waals surface area contributed by atoms with Crippen LogP contribution in [0.2, 0.25) is 0 Å². The first-order chi connectivity index (χ1) is 13.7. The van der Waals surface area contributed by atoms with Crippen molar-refractivity contribution in [3.05, 3.63) is 29.3 Å². The molecule has 1 aromatic carbocycles. The molecule has 28 heavy (non-hydrogen) atoms. The van der Waals surface area contributed by atoms with Gasteiger partial charge in [-0.3, -0.25) is 4.90 Å². The van der Waals surface area contributed by atoms with Gasteiger partial charge in [0.05, 0.1) is 19.8 Å². The van der Waals surface area contributed by atoms with E-state index in [9.17, 15) is 5.11 Å². The molecule has 3 aromatic rings. The zero-order valence-corrected chi connectivity index (χ0v) is 17.1. The molecule has 1 aliphatic rings. The van der Waals surface area contributed by atoms with Crippen molar-refractivity contribution in [2.45, 2.75) is 20.4 Å². The normalized spacial score (nSPS) is 14.9. The molecule has 0 aliphatic carbocycles. The monoisotopic (exact) mass is 399 g/mol. The molecule has 1 N–H and O–H groups in total. The second-order valence-corrected chi connectivity index (χ2v) is 7.83. The number of phenols is 1. The first kappa shape index (κ1) is 19.0. The summed E-state index contributed by atoms with van der Waals surface area (Å²) in [6.45, 7) is 10.1. The Balaban J connectivity index is 1.80. The van der Waals surface area contributed by atoms with Crippen molar-refractivity contribution >= 4 is 27.5 Å². The van der Waals surface area contributed by atoms with Gasteiger partial charge in [-0.15, -0.1) is 11.3 Å². The van der Waals surface area contributed by atoms with Crippen LogP contribution < -0.4 is 4.90 Å². The number of ether oxygens (including phenoxy) is 1. The van der Waals surface area contributed by atoms with Crippen molar-refractivity contribution in [3.63, 3.8) is 0 Å². The summed E-state index contributed by atoms with van der Waals surface area (Å²) < 4.78 is 6.54. The molecule has 0 bridgehead atoms. The minimum Gasteiger partial charge on any atom is -0.508 e. The summed E-state index contributed by atoms with van der Waals surface area (Å²) in [4.78, 5) is 19.0. The summed E-state index contributed by atoms with van der Waals surface area (Å²) in [6, 6.07) is 7.05. The second-order valence-electron chi connectivity index (χ2n) is 6.74. The molecular formula is C20H25N5O2S. The number of aromatic hydroxyl groups is 1. The van der Waals surface area contributed by atoms with E-state index in [0.717, 1.165) is 59.5 Å². The fraction of sp³-hybridized carbons (Fsp3) is 0.450. The minimum absolute atomic E-state index is 0.203. The molecule has 4 rings (SSSR count). The molecular weight excluding hydrogens is 374 g/mol. The van der Waals surface area contributed by atoms with E-state index in [1.165, 1.54) is 0 Å². The summed E-state index contributed by atoms with van der Waals surface area (Å²) >= 11 is 1.67. The van der Waals surface area contributed by atoms with E-state index in [2.05, 4.69) is 23.6 Å². The number of thiazole rings is 1. The summed E-state index contributed by atoms with van der Waals surface area (Å²) in [5.41, 5.74) is 1.51. The third-order valence-electron chi connectivity index (χ3n) is 4.95. The molecule has 0 saturated carbocycles. The third-order valence-corrected chi connectivity index (χ3v) is 5.97. The van der Waals surface area contributed by atoms with Crippen LogP contribution in [0.4, 0.5) is 5.82 Å². The molecule has 8 heteroatoms. The lowest BCUT2D eigenvalue weighted by atomic mass is 10.2. The highest BCUT2D eigenvalue weighted by molar-refractivity contribution is 7.19.